The minimum atomic E-state index is -0.548. The number of hydrogen-bond acceptors (Lipinski definition) is 5. The van der Waals surface area contributed by atoms with E-state index in [0.29, 0.717) is 17.1 Å². The van der Waals surface area contributed by atoms with Crippen molar-refractivity contribution < 1.29 is 14.0 Å². The van der Waals surface area contributed by atoms with E-state index in [1.54, 1.807) is 19.1 Å². The molecule has 0 radical (unpaired) electrons. The number of furan rings is 1. The van der Waals surface area contributed by atoms with Crippen LogP contribution >= 0.6 is 12.2 Å². The van der Waals surface area contributed by atoms with Crippen LogP contribution in [0.3, 0.4) is 0 Å². The third-order valence-electron chi connectivity index (χ3n) is 2.68. The molecule has 0 bridgehead atoms. The molecule has 0 aliphatic heterocycles. The van der Waals surface area contributed by atoms with E-state index in [2.05, 4.69) is 16.2 Å². The fourth-order valence-corrected chi connectivity index (χ4v) is 1.67. The molecule has 22 heavy (non-hydrogen) atoms. The van der Waals surface area contributed by atoms with Gasteiger partial charge in [0, 0.05) is 5.41 Å². The largest absolute Gasteiger partial charge is 0.465 e. The quantitative estimate of drug-likeness (QED) is 0.562. The number of carbonyl (C=O) groups is 2. The maximum absolute atomic E-state index is 12.1. The summed E-state index contributed by atoms with van der Waals surface area (Å²) in [6, 6.07) is 3.36. The summed E-state index contributed by atoms with van der Waals surface area (Å²) in [5.41, 5.74) is 4.69. The van der Waals surface area contributed by atoms with Crippen molar-refractivity contribution in [3.63, 3.8) is 0 Å². The number of thiocarbonyl (C=S) groups is 1. The number of hydrogen-bond donors (Lipinski definition) is 3. The lowest BCUT2D eigenvalue weighted by atomic mass is 9.93. The molecule has 0 aliphatic rings. The molecule has 118 valence electrons. The Balaban J connectivity index is 2.66. The van der Waals surface area contributed by atoms with Crippen LogP contribution in [0.15, 0.2) is 10.5 Å². The Hall–Kier alpha value is -2.40. The fourth-order valence-electron chi connectivity index (χ4n) is 1.52. The summed E-state index contributed by atoms with van der Waals surface area (Å²) in [5.74, 6) is 0.187. The van der Waals surface area contributed by atoms with Gasteiger partial charge in [-0.15, -0.1) is 0 Å². The molecule has 0 unspecified atom stereocenters. The number of rotatable bonds is 2. The second-order valence-corrected chi connectivity index (χ2v) is 6.03. The van der Waals surface area contributed by atoms with Crippen LogP contribution in [0.2, 0.25) is 0 Å². The Bertz CT molecular complexity index is 637. The number of carbonyl (C=O) groups excluding carboxylic acids is 2. The number of nitrogens with zero attached hydrogens (tertiary/aromatic N) is 1. The molecule has 8 heteroatoms. The van der Waals surface area contributed by atoms with Crippen molar-refractivity contribution in [3.05, 3.63) is 23.2 Å². The van der Waals surface area contributed by atoms with Gasteiger partial charge in [0.15, 0.2) is 5.11 Å². The van der Waals surface area contributed by atoms with Crippen LogP contribution < -0.4 is 16.2 Å². The summed E-state index contributed by atoms with van der Waals surface area (Å²) in [6.45, 7) is 7.62. The minimum absolute atomic E-state index is 0.0748. The van der Waals surface area contributed by atoms with Gasteiger partial charge in [0.25, 0.3) is 11.8 Å². The van der Waals surface area contributed by atoms with Crippen molar-refractivity contribution in [2.24, 2.45) is 0 Å². The Kier molecular flexibility index (Phi) is 5.65. The lowest BCUT2D eigenvalue weighted by molar-refractivity contribution is -0.120. The summed E-state index contributed by atoms with van der Waals surface area (Å²) in [7, 11) is 0. The van der Waals surface area contributed by atoms with Gasteiger partial charge in [0.05, 0.1) is 11.6 Å². The van der Waals surface area contributed by atoms with Gasteiger partial charge in [-0.2, -0.15) is 5.26 Å². The van der Waals surface area contributed by atoms with Crippen LogP contribution in [0.25, 0.3) is 0 Å². The summed E-state index contributed by atoms with van der Waals surface area (Å²) >= 11 is 4.89. The standard InChI is InChI=1S/C14H18N4O3S/c1-8-9(7-10(21-8)14(2,3)4)12(20)16-13(22)18-17-11(19)5-6-15/h7H,5H2,1-4H3,(H,17,19)(H2,16,18,20,22). The molecule has 0 saturated heterocycles. The predicted molar refractivity (Wildman–Crippen MR) is 83.7 cm³/mol. The van der Waals surface area contributed by atoms with E-state index < -0.39 is 11.8 Å². The topological polar surface area (TPSA) is 107 Å². The van der Waals surface area contributed by atoms with Crippen molar-refractivity contribution in [2.75, 3.05) is 0 Å². The maximum Gasteiger partial charge on any atom is 0.260 e. The highest BCUT2D eigenvalue weighted by molar-refractivity contribution is 7.80. The molecule has 2 amide bonds. The van der Waals surface area contributed by atoms with Gasteiger partial charge in [-0.3, -0.25) is 25.8 Å². The predicted octanol–water partition coefficient (Wildman–Crippen LogP) is 1.43. The number of amides is 2. The average Bonchev–Trinajstić information content (AvgIpc) is 2.79. The molecule has 0 saturated carbocycles. The Morgan fingerprint density at radius 1 is 1.36 bits per heavy atom. The third-order valence-corrected chi connectivity index (χ3v) is 2.89. The van der Waals surface area contributed by atoms with Crippen molar-refractivity contribution in [3.8, 4) is 6.07 Å². The second kappa shape index (κ2) is 7.04. The summed E-state index contributed by atoms with van der Waals surface area (Å²) in [4.78, 5) is 23.2. The minimum Gasteiger partial charge on any atom is -0.465 e. The summed E-state index contributed by atoms with van der Waals surface area (Å²) in [5, 5.41) is 10.7. The van der Waals surface area contributed by atoms with E-state index >= 15 is 0 Å². The van der Waals surface area contributed by atoms with Gasteiger partial charge < -0.3 is 4.42 Å². The molecule has 0 aromatic carbocycles. The van der Waals surface area contributed by atoms with Crippen LogP contribution in [0, 0.1) is 18.3 Å². The molecule has 7 nitrogen and oxygen atoms in total. The zero-order valence-corrected chi connectivity index (χ0v) is 13.7. The SMILES string of the molecule is Cc1oc(C(C)(C)C)cc1C(=O)NC(=S)NNC(=O)CC#N. The first-order chi connectivity index (χ1) is 10.1. The van der Waals surface area contributed by atoms with Gasteiger partial charge >= 0.3 is 0 Å². The van der Waals surface area contributed by atoms with Gasteiger partial charge in [0.2, 0.25) is 0 Å². The first-order valence-electron chi connectivity index (χ1n) is 6.53. The molecule has 3 N–H and O–H groups in total. The van der Waals surface area contributed by atoms with E-state index in [4.69, 9.17) is 21.9 Å². The Morgan fingerprint density at radius 2 is 2.00 bits per heavy atom. The average molecular weight is 322 g/mol. The first-order valence-corrected chi connectivity index (χ1v) is 6.94. The highest BCUT2D eigenvalue weighted by Gasteiger charge is 2.23. The first kappa shape index (κ1) is 17.7. The van der Waals surface area contributed by atoms with Crippen LogP contribution in [0.5, 0.6) is 0 Å². The van der Waals surface area contributed by atoms with Crippen LogP contribution in [0.1, 0.15) is 49.1 Å². The van der Waals surface area contributed by atoms with E-state index in [9.17, 15) is 9.59 Å². The zero-order chi connectivity index (χ0) is 16.9. The Morgan fingerprint density at radius 3 is 2.50 bits per heavy atom. The van der Waals surface area contributed by atoms with Gasteiger partial charge in [-0.05, 0) is 25.2 Å². The van der Waals surface area contributed by atoms with E-state index in [0.717, 1.165) is 0 Å². The van der Waals surface area contributed by atoms with E-state index in [-0.39, 0.29) is 16.9 Å². The van der Waals surface area contributed by atoms with Gasteiger partial charge in [-0.25, -0.2) is 0 Å². The van der Waals surface area contributed by atoms with Crippen molar-refractivity contribution in [1.82, 2.24) is 16.2 Å². The molecule has 0 aliphatic carbocycles. The molecular weight excluding hydrogens is 304 g/mol. The summed E-state index contributed by atoms with van der Waals surface area (Å²) < 4.78 is 5.58. The number of hydrazine groups is 1. The van der Waals surface area contributed by atoms with Crippen molar-refractivity contribution in [2.45, 2.75) is 39.5 Å². The number of nitrogens with one attached hydrogen (secondary N) is 3. The molecule has 1 heterocycles. The van der Waals surface area contributed by atoms with Crippen LogP contribution in [0.4, 0.5) is 0 Å². The zero-order valence-electron chi connectivity index (χ0n) is 12.9. The van der Waals surface area contributed by atoms with Gasteiger partial charge in [-0.1, -0.05) is 20.8 Å². The monoisotopic (exact) mass is 322 g/mol. The lowest BCUT2D eigenvalue weighted by Gasteiger charge is -2.13. The second-order valence-electron chi connectivity index (χ2n) is 5.62. The number of nitriles is 1. The third kappa shape index (κ3) is 4.86. The highest BCUT2D eigenvalue weighted by atomic mass is 32.1. The highest BCUT2D eigenvalue weighted by Crippen LogP contribution is 2.26. The van der Waals surface area contributed by atoms with Crippen molar-refractivity contribution in [1.29, 1.82) is 5.26 Å². The summed E-state index contributed by atoms with van der Waals surface area (Å²) in [6.07, 6.45) is -0.306. The molecule has 1 aromatic rings. The fraction of sp³-hybridized carbons (Fsp3) is 0.429. The Labute approximate surface area is 134 Å². The molecule has 0 atom stereocenters. The smallest absolute Gasteiger partial charge is 0.260 e. The molecule has 1 aromatic heterocycles. The molecular formula is C14H18N4O3S. The molecule has 0 fully saturated rings. The molecule has 0 spiro atoms. The van der Waals surface area contributed by atoms with E-state index in [1.165, 1.54) is 0 Å². The lowest BCUT2D eigenvalue weighted by Crippen LogP contribution is -2.48. The van der Waals surface area contributed by atoms with Gasteiger partial charge in [0.1, 0.15) is 17.9 Å². The van der Waals surface area contributed by atoms with Crippen LogP contribution in [-0.2, 0) is 10.2 Å². The van der Waals surface area contributed by atoms with E-state index in [1.807, 2.05) is 20.8 Å². The van der Waals surface area contributed by atoms with Crippen molar-refractivity contribution >= 4 is 29.1 Å². The molecule has 1 rings (SSSR count). The normalized spacial score (nSPS) is 10.5. The van der Waals surface area contributed by atoms with Crippen LogP contribution in [-0.4, -0.2) is 16.9 Å². The number of aryl methyl sites for hydroxylation is 1. The maximum atomic E-state index is 12.1.